The van der Waals surface area contributed by atoms with Gasteiger partial charge in [0.2, 0.25) is 5.82 Å². The lowest BCUT2D eigenvalue weighted by Gasteiger charge is -2.19. The molecule has 0 bridgehead atoms. The minimum Gasteiger partial charge on any atom is -0.372 e. The summed E-state index contributed by atoms with van der Waals surface area (Å²) in [6.45, 7) is 2.70. The number of hydrogen-bond donors (Lipinski definition) is 1. The Kier molecular flexibility index (Phi) is 5.98. The van der Waals surface area contributed by atoms with Crippen molar-refractivity contribution in [3.63, 3.8) is 0 Å². The minimum absolute atomic E-state index is 0.0456. The number of carbonyl (C=O) groups is 1. The number of benzene rings is 2. The molecule has 3 aromatic rings. The molecular weight excluding hydrogens is 364 g/mol. The molecule has 0 unspecified atom stereocenters. The first kappa shape index (κ1) is 19.5. The van der Waals surface area contributed by atoms with Gasteiger partial charge in [-0.2, -0.15) is 0 Å². The number of rotatable bonds is 7. The van der Waals surface area contributed by atoms with Gasteiger partial charge in [0.15, 0.2) is 0 Å². The Morgan fingerprint density at radius 1 is 1.14 bits per heavy atom. The van der Waals surface area contributed by atoms with Gasteiger partial charge in [0.1, 0.15) is 17.5 Å². The number of aryl methyl sites for hydroxylation is 1. The predicted molar refractivity (Wildman–Crippen MR) is 103 cm³/mol. The van der Waals surface area contributed by atoms with Crippen LogP contribution in [0.3, 0.4) is 0 Å². The van der Waals surface area contributed by atoms with Crippen LogP contribution >= 0.6 is 0 Å². The molecule has 0 spiro atoms. The minimum atomic E-state index is -0.391. The molecule has 0 aliphatic rings. The van der Waals surface area contributed by atoms with Crippen LogP contribution in [0.25, 0.3) is 5.69 Å². The Labute approximate surface area is 161 Å². The summed E-state index contributed by atoms with van der Waals surface area (Å²) in [5.74, 6) is -0.447. The summed E-state index contributed by atoms with van der Waals surface area (Å²) in [5, 5.41) is 6.96. The van der Waals surface area contributed by atoms with Crippen molar-refractivity contribution < 1.29 is 13.6 Å². The highest BCUT2D eigenvalue weighted by Gasteiger charge is 2.15. The molecule has 0 saturated carbocycles. The van der Waals surface area contributed by atoms with E-state index in [0.717, 1.165) is 0 Å². The molecule has 1 N–H and O–H groups in total. The molecule has 1 aromatic heterocycles. The summed E-state index contributed by atoms with van der Waals surface area (Å²) < 4.78 is 28.3. The van der Waals surface area contributed by atoms with Gasteiger partial charge in [0.25, 0.3) is 5.91 Å². The smallest absolute Gasteiger partial charge is 0.290 e. The van der Waals surface area contributed by atoms with Crippen molar-refractivity contribution in [3.05, 3.63) is 71.8 Å². The topological polar surface area (TPSA) is 63.1 Å². The molecule has 0 aliphatic heterocycles. The van der Waals surface area contributed by atoms with Crippen LogP contribution < -0.4 is 10.2 Å². The van der Waals surface area contributed by atoms with Crippen molar-refractivity contribution >= 4 is 11.6 Å². The zero-order valence-electron chi connectivity index (χ0n) is 15.7. The Hall–Kier alpha value is -3.29. The van der Waals surface area contributed by atoms with Gasteiger partial charge in [0, 0.05) is 20.1 Å². The number of amides is 1. The molecule has 146 valence electrons. The van der Waals surface area contributed by atoms with Crippen LogP contribution in [0.4, 0.5) is 14.5 Å². The highest BCUT2D eigenvalue weighted by Crippen LogP contribution is 2.17. The first-order valence-corrected chi connectivity index (χ1v) is 8.89. The Bertz CT molecular complexity index is 955. The second kappa shape index (κ2) is 8.60. The summed E-state index contributed by atoms with van der Waals surface area (Å²) in [4.78, 5) is 18.2. The predicted octanol–water partition coefficient (Wildman–Crippen LogP) is 3.11. The van der Waals surface area contributed by atoms with E-state index in [9.17, 15) is 13.6 Å². The molecule has 8 heteroatoms. The van der Waals surface area contributed by atoms with Crippen LogP contribution in [-0.2, 0) is 0 Å². The monoisotopic (exact) mass is 385 g/mol. The van der Waals surface area contributed by atoms with Crippen LogP contribution in [0.5, 0.6) is 0 Å². The van der Waals surface area contributed by atoms with Gasteiger partial charge in [-0.25, -0.2) is 18.4 Å². The van der Waals surface area contributed by atoms with E-state index >= 15 is 0 Å². The van der Waals surface area contributed by atoms with Crippen LogP contribution in [0.2, 0.25) is 0 Å². The lowest BCUT2D eigenvalue weighted by molar-refractivity contribution is 0.0943. The Morgan fingerprint density at radius 2 is 1.86 bits per heavy atom. The SMILES string of the molecule is Cc1nc(C(=O)NCCCN(C)c2ccccc2F)nn1-c1ccc(F)cc1. The summed E-state index contributed by atoms with van der Waals surface area (Å²) in [7, 11) is 1.80. The first-order chi connectivity index (χ1) is 13.5. The maximum absolute atomic E-state index is 13.7. The maximum Gasteiger partial charge on any atom is 0.290 e. The zero-order valence-corrected chi connectivity index (χ0v) is 15.7. The van der Waals surface area contributed by atoms with E-state index in [1.54, 1.807) is 49.2 Å². The number of nitrogens with zero attached hydrogens (tertiary/aromatic N) is 4. The molecule has 1 amide bonds. The second-order valence-electron chi connectivity index (χ2n) is 6.35. The molecule has 3 rings (SSSR count). The molecular formula is C20H21F2N5O. The van der Waals surface area contributed by atoms with Crippen LogP contribution in [0.1, 0.15) is 22.9 Å². The lowest BCUT2D eigenvalue weighted by atomic mass is 10.2. The van der Waals surface area contributed by atoms with Crippen LogP contribution in [-0.4, -0.2) is 40.8 Å². The van der Waals surface area contributed by atoms with Gasteiger partial charge in [-0.1, -0.05) is 12.1 Å². The zero-order chi connectivity index (χ0) is 20.1. The summed E-state index contributed by atoms with van der Waals surface area (Å²) in [6, 6.07) is 12.3. The molecule has 0 fully saturated rings. The summed E-state index contributed by atoms with van der Waals surface area (Å²) in [5.41, 5.74) is 1.14. The maximum atomic E-state index is 13.7. The van der Waals surface area contributed by atoms with Crippen molar-refractivity contribution in [2.24, 2.45) is 0 Å². The quantitative estimate of drug-likeness (QED) is 0.635. The molecule has 0 radical (unpaired) electrons. The van der Waals surface area contributed by atoms with Crippen LogP contribution in [0.15, 0.2) is 48.5 Å². The molecule has 28 heavy (non-hydrogen) atoms. The molecule has 0 saturated heterocycles. The fraction of sp³-hybridized carbons (Fsp3) is 0.250. The number of hydrogen-bond acceptors (Lipinski definition) is 4. The highest BCUT2D eigenvalue weighted by molar-refractivity contribution is 5.90. The standard InChI is InChI=1S/C20H21F2N5O/c1-14-24-19(25-27(14)16-10-8-15(21)9-11-16)20(28)23-12-5-13-26(2)18-7-4-3-6-17(18)22/h3-4,6-11H,5,12-13H2,1-2H3,(H,23,28). The van der Waals surface area contributed by atoms with Crippen molar-refractivity contribution in [1.29, 1.82) is 0 Å². The van der Waals surface area contributed by atoms with E-state index in [1.165, 1.54) is 22.9 Å². The van der Waals surface area contributed by atoms with E-state index in [1.807, 2.05) is 0 Å². The Morgan fingerprint density at radius 3 is 2.57 bits per heavy atom. The van der Waals surface area contributed by atoms with E-state index in [-0.39, 0.29) is 17.5 Å². The largest absolute Gasteiger partial charge is 0.372 e. The van der Waals surface area contributed by atoms with Crippen molar-refractivity contribution in [2.45, 2.75) is 13.3 Å². The van der Waals surface area contributed by atoms with Crippen LogP contribution in [0, 0.1) is 18.6 Å². The van der Waals surface area contributed by atoms with Crippen molar-refractivity contribution in [1.82, 2.24) is 20.1 Å². The molecule has 1 heterocycles. The Balaban J connectivity index is 1.53. The first-order valence-electron chi connectivity index (χ1n) is 8.89. The third kappa shape index (κ3) is 4.51. The van der Waals surface area contributed by atoms with Crippen molar-refractivity contribution in [3.8, 4) is 5.69 Å². The number of carbonyl (C=O) groups excluding carboxylic acids is 1. The number of halogens is 2. The average Bonchev–Trinajstić information content (AvgIpc) is 3.07. The molecule has 0 aliphatic carbocycles. The molecule has 0 atom stereocenters. The van der Waals surface area contributed by atoms with Gasteiger partial charge >= 0.3 is 0 Å². The van der Waals surface area contributed by atoms with Gasteiger partial charge in [-0.15, -0.1) is 5.10 Å². The van der Waals surface area contributed by atoms with E-state index < -0.39 is 5.91 Å². The normalized spacial score (nSPS) is 10.7. The number of para-hydroxylation sites is 1. The molecule has 2 aromatic carbocycles. The third-order valence-electron chi connectivity index (χ3n) is 4.26. The number of nitrogens with one attached hydrogen (secondary N) is 1. The fourth-order valence-electron chi connectivity index (χ4n) is 2.79. The van der Waals surface area contributed by atoms with Gasteiger partial charge < -0.3 is 10.2 Å². The van der Waals surface area contributed by atoms with E-state index in [4.69, 9.17) is 0 Å². The van der Waals surface area contributed by atoms with Gasteiger partial charge in [0.05, 0.1) is 11.4 Å². The third-order valence-corrected chi connectivity index (χ3v) is 4.26. The van der Waals surface area contributed by atoms with E-state index in [2.05, 4.69) is 15.4 Å². The number of anilines is 1. The van der Waals surface area contributed by atoms with Gasteiger partial charge in [-0.3, -0.25) is 4.79 Å². The summed E-state index contributed by atoms with van der Waals surface area (Å²) >= 11 is 0. The highest BCUT2D eigenvalue weighted by atomic mass is 19.1. The van der Waals surface area contributed by atoms with Crippen molar-refractivity contribution in [2.75, 3.05) is 25.0 Å². The lowest BCUT2D eigenvalue weighted by Crippen LogP contribution is -2.29. The van der Waals surface area contributed by atoms with E-state index in [0.29, 0.717) is 36.7 Å². The fourth-order valence-corrected chi connectivity index (χ4v) is 2.79. The van der Waals surface area contributed by atoms with Gasteiger partial charge in [-0.05, 0) is 49.7 Å². The number of aromatic nitrogens is 3. The second-order valence-corrected chi connectivity index (χ2v) is 6.35. The molecule has 6 nitrogen and oxygen atoms in total. The average molecular weight is 385 g/mol. The summed E-state index contributed by atoms with van der Waals surface area (Å²) in [6.07, 6.45) is 0.633.